The number of ether oxygens (including phenoxy) is 1. The number of methoxy groups -OCH3 is 1. The summed E-state index contributed by atoms with van der Waals surface area (Å²) in [4.78, 5) is 41.0. The van der Waals surface area contributed by atoms with Crippen molar-refractivity contribution in [1.29, 1.82) is 0 Å². The number of nitrogens with zero attached hydrogens (tertiary/aromatic N) is 2. The van der Waals surface area contributed by atoms with Crippen LogP contribution in [0.2, 0.25) is 0 Å². The molecule has 1 aromatic heterocycles. The van der Waals surface area contributed by atoms with Gasteiger partial charge >= 0.3 is 5.97 Å². The summed E-state index contributed by atoms with van der Waals surface area (Å²) in [6.45, 7) is -0.413. The molecule has 0 radical (unpaired) electrons. The highest BCUT2D eigenvalue weighted by Crippen LogP contribution is 2.51. The zero-order valence-electron chi connectivity index (χ0n) is 14.7. The van der Waals surface area contributed by atoms with E-state index >= 15 is 0 Å². The first-order valence-corrected chi connectivity index (χ1v) is 8.45. The van der Waals surface area contributed by atoms with Crippen molar-refractivity contribution in [1.82, 2.24) is 10.3 Å². The summed E-state index contributed by atoms with van der Waals surface area (Å²) in [6, 6.07) is 12.0. The van der Waals surface area contributed by atoms with E-state index in [1.54, 1.807) is 54.9 Å². The van der Waals surface area contributed by atoms with Crippen molar-refractivity contribution in [2.45, 2.75) is 11.8 Å². The van der Waals surface area contributed by atoms with Gasteiger partial charge in [-0.15, -0.1) is 0 Å². The van der Waals surface area contributed by atoms with Gasteiger partial charge in [0.05, 0.1) is 13.0 Å². The fourth-order valence-corrected chi connectivity index (χ4v) is 3.92. The Kier molecular flexibility index (Phi) is 5.16. The highest BCUT2D eigenvalue weighted by molar-refractivity contribution is 6.06. The number of pyridine rings is 1. The standard InChI is InChI=1S/C19H19N3O5/c1-27-18(24)19(16(12-22(25)26)13-6-3-2-4-7-13)15(11-21-17(19)23)14-8-5-9-20-10-14/h2-10,15-16H,11-12H2,1H3,(H,21,23). The summed E-state index contributed by atoms with van der Waals surface area (Å²) in [7, 11) is 1.18. The van der Waals surface area contributed by atoms with Gasteiger partial charge < -0.3 is 10.1 Å². The van der Waals surface area contributed by atoms with Crippen molar-refractivity contribution < 1.29 is 19.2 Å². The minimum Gasteiger partial charge on any atom is -0.468 e. The summed E-state index contributed by atoms with van der Waals surface area (Å²) in [5, 5.41) is 14.2. The van der Waals surface area contributed by atoms with Gasteiger partial charge in [-0.1, -0.05) is 36.4 Å². The largest absolute Gasteiger partial charge is 0.468 e. The van der Waals surface area contributed by atoms with Crippen LogP contribution in [0.15, 0.2) is 54.9 Å². The molecule has 8 heteroatoms. The van der Waals surface area contributed by atoms with Gasteiger partial charge in [-0.3, -0.25) is 24.7 Å². The smallest absolute Gasteiger partial charge is 0.322 e. The molecule has 1 amide bonds. The Bertz CT molecular complexity index is 843. The van der Waals surface area contributed by atoms with Gasteiger partial charge in [0, 0.05) is 29.8 Å². The molecular weight excluding hydrogens is 350 g/mol. The molecule has 3 unspecified atom stereocenters. The van der Waals surface area contributed by atoms with Crippen LogP contribution in [-0.2, 0) is 14.3 Å². The molecule has 3 atom stereocenters. The predicted molar refractivity (Wildman–Crippen MR) is 95.5 cm³/mol. The number of carbonyl (C=O) groups is 2. The van der Waals surface area contributed by atoms with Gasteiger partial charge in [-0.2, -0.15) is 0 Å². The number of aromatic nitrogens is 1. The van der Waals surface area contributed by atoms with E-state index in [4.69, 9.17) is 4.74 Å². The van der Waals surface area contributed by atoms with E-state index in [-0.39, 0.29) is 6.54 Å². The quantitative estimate of drug-likeness (QED) is 0.358. The molecule has 140 valence electrons. The highest BCUT2D eigenvalue weighted by atomic mass is 16.6. The van der Waals surface area contributed by atoms with E-state index < -0.39 is 40.6 Å². The van der Waals surface area contributed by atoms with Crippen LogP contribution in [0.3, 0.4) is 0 Å². The van der Waals surface area contributed by atoms with Crippen LogP contribution in [0.25, 0.3) is 0 Å². The average Bonchev–Trinajstić information content (AvgIpc) is 3.04. The summed E-state index contributed by atoms with van der Waals surface area (Å²) >= 11 is 0. The van der Waals surface area contributed by atoms with Crippen LogP contribution < -0.4 is 5.32 Å². The van der Waals surface area contributed by atoms with E-state index in [2.05, 4.69) is 10.3 Å². The molecule has 1 aliphatic rings. The monoisotopic (exact) mass is 369 g/mol. The second-order valence-corrected chi connectivity index (χ2v) is 6.39. The molecule has 1 N–H and O–H groups in total. The number of nitro groups is 1. The normalized spacial score (nSPS) is 22.7. The van der Waals surface area contributed by atoms with E-state index in [0.717, 1.165) is 0 Å². The lowest BCUT2D eigenvalue weighted by Crippen LogP contribution is -2.49. The minimum atomic E-state index is -1.76. The Balaban J connectivity index is 2.24. The van der Waals surface area contributed by atoms with Gasteiger partial charge in [0.15, 0.2) is 5.41 Å². The summed E-state index contributed by atoms with van der Waals surface area (Å²) in [6.07, 6.45) is 3.15. The van der Waals surface area contributed by atoms with Crippen LogP contribution in [0.1, 0.15) is 23.0 Å². The second-order valence-electron chi connectivity index (χ2n) is 6.39. The predicted octanol–water partition coefficient (Wildman–Crippen LogP) is 1.51. The third-order valence-electron chi connectivity index (χ3n) is 5.09. The van der Waals surface area contributed by atoms with Crippen molar-refractivity contribution in [2.24, 2.45) is 5.41 Å². The Morgan fingerprint density at radius 1 is 1.37 bits per heavy atom. The Morgan fingerprint density at radius 2 is 2.11 bits per heavy atom. The number of hydrogen-bond acceptors (Lipinski definition) is 6. The zero-order valence-corrected chi connectivity index (χ0v) is 14.7. The second kappa shape index (κ2) is 7.53. The van der Waals surface area contributed by atoms with Crippen LogP contribution in [-0.4, -0.2) is 42.0 Å². The van der Waals surface area contributed by atoms with Crippen LogP contribution in [0.4, 0.5) is 0 Å². The first kappa shape index (κ1) is 18.5. The molecule has 2 heterocycles. The first-order valence-electron chi connectivity index (χ1n) is 8.45. The molecule has 0 bridgehead atoms. The molecule has 1 aromatic carbocycles. The van der Waals surface area contributed by atoms with Crippen molar-refractivity contribution in [2.75, 3.05) is 20.2 Å². The van der Waals surface area contributed by atoms with Crippen LogP contribution in [0, 0.1) is 15.5 Å². The fourth-order valence-electron chi connectivity index (χ4n) is 3.92. The highest BCUT2D eigenvalue weighted by Gasteiger charge is 2.64. The first-order chi connectivity index (χ1) is 13.0. The number of esters is 1. The number of carbonyl (C=O) groups excluding carboxylic acids is 2. The topological polar surface area (TPSA) is 111 Å². The minimum absolute atomic E-state index is 0.167. The molecule has 3 rings (SSSR count). The van der Waals surface area contributed by atoms with Crippen LogP contribution >= 0.6 is 0 Å². The number of benzene rings is 1. The molecule has 0 spiro atoms. The molecule has 27 heavy (non-hydrogen) atoms. The van der Waals surface area contributed by atoms with Crippen molar-refractivity contribution in [3.63, 3.8) is 0 Å². The fraction of sp³-hybridized carbons (Fsp3) is 0.316. The van der Waals surface area contributed by atoms with Crippen molar-refractivity contribution in [3.8, 4) is 0 Å². The molecule has 8 nitrogen and oxygen atoms in total. The van der Waals surface area contributed by atoms with Gasteiger partial charge in [0.1, 0.15) is 0 Å². The third-order valence-corrected chi connectivity index (χ3v) is 5.09. The van der Waals surface area contributed by atoms with Gasteiger partial charge in [0.2, 0.25) is 12.5 Å². The molecule has 0 aliphatic carbocycles. The third kappa shape index (κ3) is 3.14. The Hall–Kier alpha value is -3.29. The molecule has 1 aliphatic heterocycles. The van der Waals surface area contributed by atoms with Gasteiger partial charge in [-0.25, -0.2) is 0 Å². The molecule has 0 saturated carbocycles. The average molecular weight is 369 g/mol. The maximum Gasteiger partial charge on any atom is 0.322 e. The Morgan fingerprint density at radius 3 is 2.70 bits per heavy atom. The summed E-state index contributed by atoms with van der Waals surface area (Å²) < 4.78 is 5.00. The lowest BCUT2D eigenvalue weighted by atomic mass is 9.63. The van der Waals surface area contributed by atoms with E-state index in [0.29, 0.717) is 11.1 Å². The molecular formula is C19H19N3O5. The number of hydrogen-bond donors (Lipinski definition) is 1. The van der Waals surface area contributed by atoms with E-state index in [1.165, 1.54) is 7.11 Å². The summed E-state index contributed by atoms with van der Waals surface area (Å²) in [5.41, 5.74) is -0.581. The lowest BCUT2D eigenvalue weighted by Gasteiger charge is -2.35. The Labute approximate surface area is 155 Å². The van der Waals surface area contributed by atoms with Crippen LogP contribution in [0.5, 0.6) is 0 Å². The van der Waals surface area contributed by atoms with Crippen molar-refractivity contribution in [3.05, 3.63) is 76.1 Å². The SMILES string of the molecule is COC(=O)C1(C(C[N+](=O)[O-])c2ccccc2)C(=O)NCC1c1cccnc1. The molecule has 1 saturated heterocycles. The van der Waals surface area contributed by atoms with Crippen molar-refractivity contribution >= 4 is 11.9 Å². The number of amides is 1. The maximum atomic E-state index is 13.0. The lowest BCUT2D eigenvalue weighted by molar-refractivity contribution is -0.485. The zero-order chi connectivity index (χ0) is 19.4. The van der Waals surface area contributed by atoms with Gasteiger partial charge in [-0.05, 0) is 17.2 Å². The van der Waals surface area contributed by atoms with Gasteiger partial charge in [0.25, 0.3) is 0 Å². The van der Waals surface area contributed by atoms with E-state index in [9.17, 15) is 19.7 Å². The number of nitrogens with one attached hydrogen (secondary N) is 1. The molecule has 2 aromatic rings. The molecule has 1 fully saturated rings. The summed E-state index contributed by atoms with van der Waals surface area (Å²) in [5.74, 6) is -2.99. The van der Waals surface area contributed by atoms with E-state index in [1.807, 2.05) is 0 Å². The maximum absolute atomic E-state index is 13.0. The number of rotatable bonds is 6.